The molecule has 0 radical (unpaired) electrons. The SMILES string of the molecule is Cc1nc(C(=O)N(C)[C@H](CN)C2CC2)c(-c2ccccc2)s1. The summed E-state index contributed by atoms with van der Waals surface area (Å²) in [5.41, 5.74) is 7.47. The van der Waals surface area contributed by atoms with Crippen LogP contribution in [0.5, 0.6) is 0 Å². The van der Waals surface area contributed by atoms with Gasteiger partial charge in [-0.3, -0.25) is 4.79 Å². The summed E-state index contributed by atoms with van der Waals surface area (Å²) in [4.78, 5) is 20.1. The lowest BCUT2D eigenvalue weighted by atomic mass is 10.1. The Bertz CT molecular complexity index is 664. The minimum Gasteiger partial charge on any atom is -0.336 e. The molecule has 1 aromatic carbocycles. The van der Waals surface area contributed by atoms with E-state index >= 15 is 0 Å². The van der Waals surface area contributed by atoms with Crippen LogP contribution in [-0.4, -0.2) is 35.4 Å². The first-order chi connectivity index (χ1) is 10.6. The molecule has 1 aliphatic carbocycles. The summed E-state index contributed by atoms with van der Waals surface area (Å²) >= 11 is 1.57. The second kappa shape index (κ2) is 6.18. The van der Waals surface area contributed by atoms with Crippen LogP contribution in [0.4, 0.5) is 0 Å². The Morgan fingerprint density at radius 2 is 2.09 bits per heavy atom. The largest absolute Gasteiger partial charge is 0.336 e. The standard InChI is InChI=1S/C17H21N3OS/c1-11-19-15(16(22-11)13-6-4-3-5-7-13)17(21)20(2)14(10-18)12-8-9-12/h3-7,12,14H,8-10,18H2,1-2H3/t14-/m1/s1. The van der Waals surface area contributed by atoms with Crippen molar-refractivity contribution in [3.8, 4) is 10.4 Å². The molecule has 1 fully saturated rings. The zero-order chi connectivity index (χ0) is 15.7. The molecule has 1 aliphatic rings. The van der Waals surface area contributed by atoms with Gasteiger partial charge in [-0.25, -0.2) is 4.98 Å². The van der Waals surface area contributed by atoms with Gasteiger partial charge in [0, 0.05) is 19.6 Å². The molecule has 1 heterocycles. The number of aromatic nitrogens is 1. The molecule has 1 atom stereocenters. The maximum atomic E-state index is 12.9. The van der Waals surface area contributed by atoms with Crippen LogP contribution in [0.15, 0.2) is 30.3 Å². The Kier molecular flexibility index (Phi) is 4.27. The van der Waals surface area contributed by atoms with Crippen LogP contribution < -0.4 is 5.73 Å². The monoisotopic (exact) mass is 315 g/mol. The van der Waals surface area contributed by atoms with E-state index in [9.17, 15) is 4.79 Å². The van der Waals surface area contributed by atoms with Crippen molar-refractivity contribution in [2.75, 3.05) is 13.6 Å². The van der Waals surface area contributed by atoms with Crippen LogP contribution in [0.25, 0.3) is 10.4 Å². The number of carbonyl (C=O) groups is 1. The van der Waals surface area contributed by atoms with Crippen molar-refractivity contribution in [1.82, 2.24) is 9.88 Å². The molecule has 1 saturated carbocycles. The molecular formula is C17H21N3OS. The highest BCUT2D eigenvalue weighted by molar-refractivity contribution is 7.15. The van der Waals surface area contributed by atoms with E-state index in [2.05, 4.69) is 4.98 Å². The Morgan fingerprint density at radius 3 is 2.68 bits per heavy atom. The Labute approximate surface area is 135 Å². The number of thiazole rings is 1. The summed E-state index contributed by atoms with van der Waals surface area (Å²) in [5.74, 6) is 0.532. The van der Waals surface area contributed by atoms with Crippen LogP contribution in [0.2, 0.25) is 0 Å². The number of amides is 1. The number of likely N-dealkylation sites (N-methyl/N-ethyl adjacent to an activating group) is 1. The first kappa shape index (κ1) is 15.2. The molecule has 0 unspecified atom stereocenters. The van der Waals surface area contributed by atoms with Gasteiger partial charge in [-0.15, -0.1) is 11.3 Å². The molecule has 4 nitrogen and oxygen atoms in total. The third-order valence-electron chi connectivity index (χ3n) is 4.20. The Morgan fingerprint density at radius 1 is 1.41 bits per heavy atom. The van der Waals surface area contributed by atoms with Crippen molar-refractivity contribution < 1.29 is 4.79 Å². The molecule has 1 amide bonds. The predicted octanol–water partition coefficient (Wildman–Crippen LogP) is 2.93. The molecule has 2 aromatic rings. The van der Waals surface area contributed by atoms with Crippen LogP contribution in [0.1, 0.15) is 28.3 Å². The van der Waals surface area contributed by atoms with Gasteiger partial charge in [-0.05, 0) is 31.2 Å². The normalized spacial score (nSPS) is 15.6. The number of hydrogen-bond acceptors (Lipinski definition) is 4. The lowest BCUT2D eigenvalue weighted by molar-refractivity contribution is 0.0714. The summed E-state index contributed by atoms with van der Waals surface area (Å²) in [6, 6.07) is 10.1. The summed E-state index contributed by atoms with van der Waals surface area (Å²) in [6.45, 7) is 2.45. The van der Waals surface area contributed by atoms with E-state index in [1.807, 2.05) is 44.3 Å². The van der Waals surface area contributed by atoms with Crippen molar-refractivity contribution in [3.63, 3.8) is 0 Å². The van der Waals surface area contributed by atoms with Crippen molar-refractivity contribution >= 4 is 17.2 Å². The second-order valence-electron chi connectivity index (χ2n) is 5.83. The first-order valence-corrected chi connectivity index (χ1v) is 8.43. The molecule has 5 heteroatoms. The summed E-state index contributed by atoms with van der Waals surface area (Å²) < 4.78 is 0. The third kappa shape index (κ3) is 2.91. The van der Waals surface area contributed by atoms with Crippen LogP contribution in [0.3, 0.4) is 0 Å². The summed E-state index contributed by atoms with van der Waals surface area (Å²) in [7, 11) is 1.85. The molecule has 22 heavy (non-hydrogen) atoms. The van der Waals surface area contributed by atoms with Crippen molar-refractivity contribution in [2.24, 2.45) is 11.7 Å². The minimum absolute atomic E-state index is 0.0226. The van der Waals surface area contributed by atoms with Gasteiger partial charge in [0.2, 0.25) is 0 Å². The first-order valence-electron chi connectivity index (χ1n) is 7.62. The van der Waals surface area contributed by atoms with Gasteiger partial charge >= 0.3 is 0 Å². The van der Waals surface area contributed by atoms with Crippen molar-refractivity contribution in [2.45, 2.75) is 25.8 Å². The molecule has 0 saturated heterocycles. The average molecular weight is 315 g/mol. The number of hydrogen-bond donors (Lipinski definition) is 1. The van der Waals surface area contributed by atoms with Gasteiger partial charge in [-0.2, -0.15) is 0 Å². The number of rotatable bonds is 5. The fraction of sp³-hybridized carbons (Fsp3) is 0.412. The molecule has 0 aliphatic heterocycles. The number of carbonyl (C=O) groups excluding carboxylic acids is 1. The van der Waals surface area contributed by atoms with Crippen LogP contribution in [0, 0.1) is 12.8 Å². The Hall–Kier alpha value is -1.72. The van der Waals surface area contributed by atoms with E-state index in [4.69, 9.17) is 5.73 Å². The van der Waals surface area contributed by atoms with E-state index in [-0.39, 0.29) is 11.9 Å². The summed E-state index contributed by atoms with van der Waals surface area (Å²) in [6.07, 6.45) is 2.34. The number of nitrogens with zero attached hydrogens (tertiary/aromatic N) is 2. The van der Waals surface area contributed by atoms with Crippen LogP contribution in [-0.2, 0) is 0 Å². The maximum absolute atomic E-state index is 12.9. The van der Waals surface area contributed by atoms with Crippen molar-refractivity contribution in [1.29, 1.82) is 0 Å². The highest BCUT2D eigenvalue weighted by Gasteiger charge is 2.36. The second-order valence-corrected chi connectivity index (χ2v) is 7.04. The molecular weight excluding hydrogens is 294 g/mol. The number of aryl methyl sites for hydroxylation is 1. The van der Waals surface area contributed by atoms with Crippen LogP contribution >= 0.6 is 11.3 Å². The predicted molar refractivity (Wildman–Crippen MR) is 89.9 cm³/mol. The fourth-order valence-corrected chi connectivity index (χ4v) is 3.74. The van der Waals surface area contributed by atoms with Crippen molar-refractivity contribution in [3.05, 3.63) is 41.0 Å². The van der Waals surface area contributed by atoms with E-state index in [0.717, 1.165) is 15.4 Å². The average Bonchev–Trinajstić information content (AvgIpc) is 3.29. The smallest absolute Gasteiger partial charge is 0.274 e. The van der Waals surface area contributed by atoms with Gasteiger partial charge in [0.1, 0.15) is 5.69 Å². The zero-order valence-electron chi connectivity index (χ0n) is 13.0. The Balaban J connectivity index is 1.92. The van der Waals surface area contributed by atoms with E-state index in [0.29, 0.717) is 18.2 Å². The summed E-state index contributed by atoms with van der Waals surface area (Å²) in [5, 5.41) is 0.909. The molecule has 0 spiro atoms. The quantitative estimate of drug-likeness (QED) is 0.923. The molecule has 2 N–H and O–H groups in total. The molecule has 3 rings (SSSR count). The van der Waals surface area contributed by atoms with Gasteiger partial charge in [0.05, 0.1) is 9.88 Å². The number of benzene rings is 1. The van der Waals surface area contributed by atoms with E-state index in [1.54, 1.807) is 16.2 Å². The minimum atomic E-state index is -0.0226. The fourth-order valence-electron chi connectivity index (χ4n) is 2.82. The zero-order valence-corrected chi connectivity index (χ0v) is 13.8. The lowest BCUT2D eigenvalue weighted by Gasteiger charge is -2.26. The van der Waals surface area contributed by atoms with E-state index in [1.165, 1.54) is 12.8 Å². The molecule has 0 bridgehead atoms. The van der Waals surface area contributed by atoms with Gasteiger partial charge in [0.15, 0.2) is 0 Å². The lowest BCUT2D eigenvalue weighted by Crippen LogP contribution is -2.43. The molecule has 116 valence electrons. The highest BCUT2D eigenvalue weighted by atomic mass is 32.1. The highest BCUT2D eigenvalue weighted by Crippen LogP contribution is 2.36. The topological polar surface area (TPSA) is 59.2 Å². The van der Waals surface area contributed by atoms with Gasteiger partial charge < -0.3 is 10.6 Å². The third-order valence-corrected chi connectivity index (χ3v) is 5.22. The van der Waals surface area contributed by atoms with Gasteiger partial charge in [-0.1, -0.05) is 30.3 Å². The van der Waals surface area contributed by atoms with E-state index < -0.39 is 0 Å². The molecule has 1 aromatic heterocycles. The maximum Gasteiger partial charge on any atom is 0.274 e. The number of nitrogens with two attached hydrogens (primary N) is 1. The van der Waals surface area contributed by atoms with Gasteiger partial charge in [0.25, 0.3) is 5.91 Å².